The highest BCUT2D eigenvalue weighted by molar-refractivity contribution is 6.14. The zero-order chi connectivity index (χ0) is 10.1. The molecule has 1 aliphatic carbocycles. The highest BCUT2D eigenvalue weighted by Gasteiger charge is 2.24. The Kier molecular flexibility index (Phi) is 2.05. The molecule has 1 heterocycles. The molecule has 3 rings (SSSR count). The predicted octanol–water partition coefficient (Wildman–Crippen LogP) is 2.84. The van der Waals surface area contributed by atoms with Crippen molar-refractivity contribution in [3.8, 4) is 0 Å². The third-order valence-corrected chi connectivity index (χ3v) is 3.04. The van der Waals surface area contributed by atoms with Gasteiger partial charge in [0, 0.05) is 11.1 Å². The molecule has 1 radical (unpaired) electrons. The Morgan fingerprint density at radius 2 is 1.73 bits per heavy atom. The molecule has 0 fully saturated rings. The molecule has 15 heavy (non-hydrogen) atoms. The summed E-state index contributed by atoms with van der Waals surface area (Å²) in [5.74, 6) is 0. The van der Waals surface area contributed by atoms with Gasteiger partial charge in [0.05, 0.1) is 11.4 Å². The number of benzene rings is 1. The van der Waals surface area contributed by atoms with Gasteiger partial charge in [0.25, 0.3) is 0 Å². The fraction of sp³-hybridized carbons (Fsp3) is 0.308. The molecule has 0 saturated heterocycles. The van der Waals surface area contributed by atoms with Crippen molar-refractivity contribution in [1.29, 1.82) is 0 Å². The van der Waals surface area contributed by atoms with Crippen LogP contribution in [0.15, 0.2) is 46.7 Å². The summed E-state index contributed by atoms with van der Waals surface area (Å²) < 4.78 is 0. The Bertz CT molecular complexity index is 429. The minimum atomic E-state index is 1.10. The maximum atomic E-state index is 4.32. The fourth-order valence-electron chi connectivity index (χ4n) is 2.25. The lowest BCUT2D eigenvalue weighted by atomic mass is 9.91. The van der Waals surface area contributed by atoms with Crippen LogP contribution in [-0.2, 0) is 0 Å². The Morgan fingerprint density at radius 3 is 2.60 bits per heavy atom. The number of allylic oxidation sites excluding steroid dienone is 2. The summed E-state index contributed by atoms with van der Waals surface area (Å²) in [4.78, 5) is 0. The van der Waals surface area contributed by atoms with Crippen LogP contribution in [0.3, 0.4) is 0 Å². The summed E-state index contributed by atoms with van der Waals surface area (Å²) in [6, 6.07) is 10.4. The van der Waals surface area contributed by atoms with E-state index in [1.807, 2.05) is 6.07 Å². The van der Waals surface area contributed by atoms with Gasteiger partial charge in [-0.3, -0.25) is 0 Å². The van der Waals surface area contributed by atoms with Crippen LogP contribution in [0.25, 0.3) is 0 Å². The third kappa shape index (κ3) is 1.46. The maximum Gasteiger partial charge on any atom is 0.0979 e. The molecule has 2 nitrogen and oxygen atoms in total. The maximum absolute atomic E-state index is 4.32. The molecule has 1 aliphatic heterocycles. The Balaban J connectivity index is 1.99. The van der Waals surface area contributed by atoms with Crippen molar-refractivity contribution in [2.24, 2.45) is 5.10 Å². The van der Waals surface area contributed by atoms with Gasteiger partial charge in [0.2, 0.25) is 0 Å². The van der Waals surface area contributed by atoms with Crippen LogP contribution in [0, 0.1) is 0 Å². The average Bonchev–Trinajstić information content (AvgIpc) is 2.74. The highest BCUT2D eigenvalue weighted by Crippen LogP contribution is 2.30. The lowest BCUT2D eigenvalue weighted by molar-refractivity contribution is 0.652. The van der Waals surface area contributed by atoms with E-state index in [1.54, 1.807) is 0 Å². The first-order valence-corrected chi connectivity index (χ1v) is 5.52. The Morgan fingerprint density at radius 1 is 0.933 bits per heavy atom. The van der Waals surface area contributed by atoms with E-state index in [1.165, 1.54) is 29.7 Å². The van der Waals surface area contributed by atoms with E-state index in [0.29, 0.717) is 0 Å². The fourth-order valence-corrected chi connectivity index (χ4v) is 2.25. The number of rotatable bonds is 1. The predicted molar refractivity (Wildman–Crippen MR) is 60.6 cm³/mol. The van der Waals surface area contributed by atoms with Gasteiger partial charge < -0.3 is 0 Å². The molecule has 0 atom stereocenters. The third-order valence-electron chi connectivity index (χ3n) is 3.04. The molecule has 0 N–H and O–H groups in total. The van der Waals surface area contributed by atoms with Gasteiger partial charge in [-0.2, -0.15) is 5.43 Å². The molecule has 0 amide bonds. The van der Waals surface area contributed by atoms with Gasteiger partial charge in [-0.05, 0) is 25.7 Å². The van der Waals surface area contributed by atoms with Crippen molar-refractivity contribution < 1.29 is 0 Å². The molecule has 2 aliphatic rings. The average molecular weight is 197 g/mol. The Labute approximate surface area is 89.7 Å². The zero-order valence-corrected chi connectivity index (χ0v) is 8.61. The van der Waals surface area contributed by atoms with Crippen LogP contribution in [0.2, 0.25) is 0 Å². The van der Waals surface area contributed by atoms with Crippen molar-refractivity contribution in [2.45, 2.75) is 25.7 Å². The summed E-state index contributed by atoms with van der Waals surface area (Å²) in [6.07, 6.45) is 4.79. The van der Waals surface area contributed by atoms with Gasteiger partial charge in [-0.25, -0.2) is 0 Å². The van der Waals surface area contributed by atoms with Crippen LogP contribution in [0.1, 0.15) is 31.2 Å². The number of nitrogens with zero attached hydrogens (tertiary/aromatic N) is 2. The number of hydrogen-bond donors (Lipinski definition) is 0. The van der Waals surface area contributed by atoms with Crippen molar-refractivity contribution in [3.05, 3.63) is 47.2 Å². The minimum Gasteiger partial charge on any atom is -0.155 e. The molecule has 1 aromatic rings. The lowest BCUT2D eigenvalue weighted by Crippen LogP contribution is -2.06. The van der Waals surface area contributed by atoms with E-state index in [0.717, 1.165) is 18.6 Å². The summed E-state index contributed by atoms with van der Waals surface area (Å²) >= 11 is 0. The summed E-state index contributed by atoms with van der Waals surface area (Å²) in [7, 11) is 0. The van der Waals surface area contributed by atoms with E-state index in [2.05, 4.69) is 34.8 Å². The smallest absolute Gasteiger partial charge is 0.0979 e. The quantitative estimate of drug-likeness (QED) is 0.662. The van der Waals surface area contributed by atoms with Crippen molar-refractivity contribution in [3.63, 3.8) is 0 Å². The molecular formula is C13H13N2. The van der Waals surface area contributed by atoms with E-state index < -0.39 is 0 Å². The van der Waals surface area contributed by atoms with Crippen LogP contribution in [0.4, 0.5) is 0 Å². The van der Waals surface area contributed by atoms with E-state index >= 15 is 0 Å². The lowest BCUT2D eigenvalue weighted by Gasteiger charge is -2.12. The molecule has 2 heteroatoms. The second-order valence-electron chi connectivity index (χ2n) is 4.05. The number of hydrogen-bond acceptors (Lipinski definition) is 1. The first-order valence-electron chi connectivity index (χ1n) is 5.52. The van der Waals surface area contributed by atoms with Crippen molar-refractivity contribution in [2.75, 3.05) is 0 Å². The molecule has 1 aromatic carbocycles. The molecule has 0 aromatic heterocycles. The zero-order valence-electron chi connectivity index (χ0n) is 8.61. The molecule has 75 valence electrons. The first-order chi connectivity index (χ1) is 7.45. The van der Waals surface area contributed by atoms with Crippen LogP contribution >= 0.6 is 0 Å². The molecule has 0 saturated carbocycles. The van der Waals surface area contributed by atoms with Crippen LogP contribution in [0.5, 0.6) is 0 Å². The second-order valence-corrected chi connectivity index (χ2v) is 4.05. The van der Waals surface area contributed by atoms with E-state index in [9.17, 15) is 0 Å². The first kappa shape index (κ1) is 8.72. The van der Waals surface area contributed by atoms with E-state index in [4.69, 9.17) is 0 Å². The Hall–Kier alpha value is -1.57. The standard InChI is InChI=1S/C13H13N2/c1-2-6-10(7-3-1)13-11-8-4-5-9-12(11)14-15-13/h1-3,6-7H,4-5,8-9H2. The van der Waals surface area contributed by atoms with E-state index in [-0.39, 0.29) is 0 Å². The van der Waals surface area contributed by atoms with Gasteiger partial charge >= 0.3 is 0 Å². The van der Waals surface area contributed by atoms with Gasteiger partial charge in [-0.15, -0.1) is 5.10 Å². The van der Waals surface area contributed by atoms with Crippen molar-refractivity contribution in [1.82, 2.24) is 5.43 Å². The highest BCUT2D eigenvalue weighted by atomic mass is 15.3. The van der Waals surface area contributed by atoms with Gasteiger partial charge in [0.1, 0.15) is 0 Å². The second kappa shape index (κ2) is 3.54. The van der Waals surface area contributed by atoms with Gasteiger partial charge in [-0.1, -0.05) is 30.3 Å². The largest absolute Gasteiger partial charge is 0.155 e. The molecule has 0 spiro atoms. The normalized spacial score (nSPS) is 19.6. The SMILES string of the molecule is c1ccc(C2=N[N]C3=C2CCCC3)cc1. The summed E-state index contributed by atoms with van der Waals surface area (Å²) in [5.41, 5.74) is 9.19. The molecular weight excluding hydrogens is 184 g/mol. The molecule has 0 unspecified atom stereocenters. The summed E-state index contributed by atoms with van der Waals surface area (Å²) in [6.45, 7) is 0. The monoisotopic (exact) mass is 197 g/mol. The summed E-state index contributed by atoms with van der Waals surface area (Å²) in [5, 5.41) is 4.32. The van der Waals surface area contributed by atoms with Crippen LogP contribution < -0.4 is 5.43 Å². The minimum absolute atomic E-state index is 1.10. The van der Waals surface area contributed by atoms with Gasteiger partial charge in [0.15, 0.2) is 0 Å². The topological polar surface area (TPSA) is 26.5 Å². The molecule has 0 bridgehead atoms. The van der Waals surface area contributed by atoms with Crippen molar-refractivity contribution >= 4 is 5.71 Å². The van der Waals surface area contributed by atoms with Crippen LogP contribution in [-0.4, -0.2) is 5.71 Å².